The van der Waals surface area contributed by atoms with Crippen molar-refractivity contribution in [3.8, 4) is 0 Å². The molecule has 0 unspecified atom stereocenters. The minimum atomic E-state index is 0.00249. The lowest BCUT2D eigenvalue weighted by atomic mass is 9.80. The zero-order chi connectivity index (χ0) is 19.1. The second-order valence-electron chi connectivity index (χ2n) is 7.04. The molecule has 2 amide bonds. The predicted molar refractivity (Wildman–Crippen MR) is 106 cm³/mol. The molecule has 0 bridgehead atoms. The molecule has 0 aliphatic heterocycles. The Kier molecular flexibility index (Phi) is 6.58. The molecule has 1 N–H and O–H groups in total. The van der Waals surface area contributed by atoms with Crippen molar-refractivity contribution < 1.29 is 9.59 Å². The van der Waals surface area contributed by atoms with Crippen molar-refractivity contribution in [2.75, 3.05) is 11.4 Å². The van der Waals surface area contributed by atoms with Gasteiger partial charge in [-0.05, 0) is 62.4 Å². The summed E-state index contributed by atoms with van der Waals surface area (Å²) in [5.41, 5.74) is 1.99. The molecule has 2 aromatic rings. The van der Waals surface area contributed by atoms with Crippen LogP contribution in [-0.2, 0) is 16.1 Å². The number of rotatable bonds is 6. The number of anilines is 1. The maximum atomic E-state index is 12.9. The first-order valence-corrected chi connectivity index (χ1v) is 9.72. The highest BCUT2D eigenvalue weighted by Gasteiger charge is 2.32. The second-order valence-corrected chi connectivity index (χ2v) is 7.04. The molecule has 3 rings (SSSR count). The maximum absolute atomic E-state index is 12.9. The number of hydrogen-bond acceptors (Lipinski definition) is 3. The van der Waals surface area contributed by atoms with Crippen LogP contribution in [0.5, 0.6) is 0 Å². The number of nitrogens with zero attached hydrogens (tertiary/aromatic N) is 2. The molecular weight excluding hydrogens is 338 g/mol. The van der Waals surface area contributed by atoms with Crippen molar-refractivity contribution in [3.63, 3.8) is 0 Å². The molecule has 5 heteroatoms. The van der Waals surface area contributed by atoms with E-state index >= 15 is 0 Å². The number of carbonyl (C=O) groups is 2. The molecule has 1 heterocycles. The smallest absolute Gasteiger partial charge is 0.230 e. The van der Waals surface area contributed by atoms with Gasteiger partial charge in [-0.25, -0.2) is 0 Å². The largest absolute Gasteiger partial charge is 0.352 e. The number of aromatic nitrogens is 1. The highest BCUT2D eigenvalue weighted by Crippen LogP contribution is 2.31. The van der Waals surface area contributed by atoms with Crippen LogP contribution in [0.1, 0.15) is 38.2 Å². The Morgan fingerprint density at radius 3 is 2.26 bits per heavy atom. The summed E-state index contributed by atoms with van der Waals surface area (Å²) < 4.78 is 0. The fourth-order valence-electron chi connectivity index (χ4n) is 3.73. The Balaban J connectivity index is 1.50. The molecule has 0 radical (unpaired) electrons. The fourth-order valence-corrected chi connectivity index (χ4v) is 3.73. The van der Waals surface area contributed by atoms with Gasteiger partial charge in [-0.3, -0.25) is 14.6 Å². The van der Waals surface area contributed by atoms with Gasteiger partial charge in [-0.2, -0.15) is 0 Å². The van der Waals surface area contributed by atoms with Crippen LogP contribution in [0, 0.1) is 11.8 Å². The van der Waals surface area contributed by atoms with Crippen LogP contribution in [0.15, 0.2) is 54.9 Å². The first-order chi connectivity index (χ1) is 13.2. The van der Waals surface area contributed by atoms with Crippen LogP contribution in [0.25, 0.3) is 0 Å². The van der Waals surface area contributed by atoms with Gasteiger partial charge in [0, 0.05) is 43.0 Å². The summed E-state index contributed by atoms with van der Waals surface area (Å²) in [4.78, 5) is 31.2. The summed E-state index contributed by atoms with van der Waals surface area (Å²) in [5, 5.41) is 3.01. The molecular formula is C22H27N3O2. The number of para-hydroxylation sites is 1. The van der Waals surface area contributed by atoms with Crippen molar-refractivity contribution in [1.82, 2.24) is 10.3 Å². The third-order valence-electron chi connectivity index (χ3n) is 5.31. The molecule has 0 spiro atoms. The van der Waals surface area contributed by atoms with Crippen LogP contribution in [0.2, 0.25) is 0 Å². The Hall–Kier alpha value is -2.69. The van der Waals surface area contributed by atoms with Gasteiger partial charge in [0.15, 0.2) is 0 Å². The first-order valence-electron chi connectivity index (χ1n) is 9.72. The van der Waals surface area contributed by atoms with Gasteiger partial charge in [-0.15, -0.1) is 0 Å². The van der Waals surface area contributed by atoms with Gasteiger partial charge in [0.25, 0.3) is 0 Å². The van der Waals surface area contributed by atoms with Gasteiger partial charge in [0.1, 0.15) is 0 Å². The van der Waals surface area contributed by atoms with Crippen molar-refractivity contribution in [2.24, 2.45) is 11.8 Å². The van der Waals surface area contributed by atoms with Gasteiger partial charge in [0.2, 0.25) is 11.8 Å². The SMILES string of the molecule is CCN(C(=O)C1CCC(C(=O)NCc2ccncc2)CC1)c1ccccc1. The Morgan fingerprint density at radius 2 is 1.63 bits per heavy atom. The number of nitrogens with one attached hydrogen (secondary N) is 1. The summed E-state index contributed by atoms with van der Waals surface area (Å²) in [6.07, 6.45) is 6.54. The normalized spacial score (nSPS) is 19.3. The molecule has 1 aromatic heterocycles. The van der Waals surface area contributed by atoms with E-state index < -0.39 is 0 Å². The summed E-state index contributed by atoms with van der Waals surface area (Å²) in [7, 11) is 0. The monoisotopic (exact) mass is 365 g/mol. The molecule has 1 aromatic carbocycles. The third-order valence-corrected chi connectivity index (χ3v) is 5.31. The summed E-state index contributed by atoms with van der Waals surface area (Å²) >= 11 is 0. The van der Waals surface area contributed by atoms with E-state index in [9.17, 15) is 9.59 Å². The number of carbonyl (C=O) groups excluding carboxylic acids is 2. The number of hydrogen-bond donors (Lipinski definition) is 1. The summed E-state index contributed by atoms with van der Waals surface area (Å²) in [6, 6.07) is 13.6. The Bertz CT molecular complexity index is 741. The third kappa shape index (κ3) is 4.94. The van der Waals surface area contributed by atoms with Crippen LogP contribution in [-0.4, -0.2) is 23.3 Å². The minimum absolute atomic E-state index is 0.00249. The Labute approximate surface area is 160 Å². The van der Waals surface area contributed by atoms with E-state index in [1.807, 2.05) is 54.3 Å². The van der Waals surface area contributed by atoms with Crippen LogP contribution in [0.3, 0.4) is 0 Å². The van der Waals surface area contributed by atoms with E-state index in [2.05, 4.69) is 10.3 Å². The van der Waals surface area contributed by atoms with Crippen LogP contribution in [0.4, 0.5) is 5.69 Å². The van der Waals surface area contributed by atoms with E-state index in [-0.39, 0.29) is 23.7 Å². The highest BCUT2D eigenvalue weighted by atomic mass is 16.2. The maximum Gasteiger partial charge on any atom is 0.230 e. The van der Waals surface area contributed by atoms with Gasteiger partial charge in [0.05, 0.1) is 0 Å². The zero-order valence-electron chi connectivity index (χ0n) is 15.8. The van der Waals surface area contributed by atoms with Crippen LogP contribution >= 0.6 is 0 Å². The van der Waals surface area contributed by atoms with Gasteiger partial charge < -0.3 is 10.2 Å². The Morgan fingerprint density at radius 1 is 1.00 bits per heavy atom. The average Bonchev–Trinajstić information content (AvgIpc) is 2.74. The van der Waals surface area contributed by atoms with E-state index in [4.69, 9.17) is 0 Å². The molecule has 1 aliphatic carbocycles. The molecule has 1 fully saturated rings. The van der Waals surface area contributed by atoms with Crippen LogP contribution < -0.4 is 10.2 Å². The molecule has 0 atom stereocenters. The lowest BCUT2D eigenvalue weighted by molar-refractivity contribution is -0.129. The molecule has 27 heavy (non-hydrogen) atoms. The number of pyridine rings is 1. The fraction of sp³-hybridized carbons (Fsp3) is 0.409. The van der Waals surface area contributed by atoms with Gasteiger partial charge >= 0.3 is 0 Å². The van der Waals surface area contributed by atoms with Crippen molar-refractivity contribution in [3.05, 3.63) is 60.4 Å². The lowest BCUT2D eigenvalue weighted by Crippen LogP contribution is -2.39. The average molecular weight is 365 g/mol. The summed E-state index contributed by atoms with van der Waals surface area (Å²) in [5.74, 6) is 0.282. The molecule has 142 valence electrons. The van der Waals surface area contributed by atoms with E-state index in [1.165, 1.54) is 0 Å². The molecule has 0 saturated heterocycles. The topological polar surface area (TPSA) is 62.3 Å². The standard InChI is InChI=1S/C22H27N3O2/c1-2-25(20-6-4-3-5-7-20)22(27)19-10-8-18(9-11-19)21(26)24-16-17-12-14-23-15-13-17/h3-7,12-15,18-19H,2,8-11,16H2,1H3,(H,24,26). The number of benzene rings is 1. The quantitative estimate of drug-likeness (QED) is 0.851. The van der Waals surface area contributed by atoms with Gasteiger partial charge in [-0.1, -0.05) is 18.2 Å². The molecule has 1 aliphatic rings. The summed E-state index contributed by atoms with van der Waals surface area (Å²) in [6.45, 7) is 3.19. The second kappa shape index (κ2) is 9.31. The first kappa shape index (κ1) is 19.1. The molecule has 1 saturated carbocycles. The lowest BCUT2D eigenvalue weighted by Gasteiger charge is -2.31. The van der Waals surface area contributed by atoms with E-state index in [1.54, 1.807) is 12.4 Å². The minimum Gasteiger partial charge on any atom is -0.352 e. The highest BCUT2D eigenvalue weighted by molar-refractivity contribution is 5.95. The van der Waals surface area contributed by atoms with E-state index in [0.29, 0.717) is 13.1 Å². The van der Waals surface area contributed by atoms with Crippen molar-refractivity contribution >= 4 is 17.5 Å². The van der Waals surface area contributed by atoms with E-state index in [0.717, 1.165) is 36.9 Å². The van der Waals surface area contributed by atoms with Crippen molar-refractivity contribution in [1.29, 1.82) is 0 Å². The zero-order valence-corrected chi connectivity index (χ0v) is 15.8. The predicted octanol–water partition coefficient (Wildman–Crippen LogP) is 3.56. The molecule has 5 nitrogen and oxygen atoms in total. The number of amides is 2. The van der Waals surface area contributed by atoms with Crippen molar-refractivity contribution in [2.45, 2.75) is 39.2 Å².